The molecule has 148 valence electrons. The van der Waals surface area contributed by atoms with E-state index in [1.165, 1.54) is 23.9 Å². The molecule has 1 aliphatic heterocycles. The number of rotatable bonds is 6. The third-order valence-corrected chi connectivity index (χ3v) is 5.22. The summed E-state index contributed by atoms with van der Waals surface area (Å²) in [5.41, 5.74) is 0.669. The zero-order valence-corrected chi connectivity index (χ0v) is 16.5. The Morgan fingerprint density at radius 3 is 2.75 bits per heavy atom. The van der Waals surface area contributed by atoms with Gasteiger partial charge in [-0.1, -0.05) is 36.8 Å². The van der Waals surface area contributed by atoms with Crippen LogP contribution < -0.4 is 4.90 Å². The smallest absolute Gasteiger partial charge is 0.237 e. The summed E-state index contributed by atoms with van der Waals surface area (Å²) in [6.07, 6.45) is 0. The van der Waals surface area contributed by atoms with Gasteiger partial charge in [-0.15, -0.1) is 10.2 Å². The highest BCUT2D eigenvalue weighted by molar-refractivity contribution is 7.98. The number of hydrogen-bond donors (Lipinski definition) is 0. The van der Waals surface area contributed by atoms with Crippen LogP contribution in [0.25, 0.3) is 5.69 Å². The van der Waals surface area contributed by atoms with Gasteiger partial charge in [0.15, 0.2) is 11.0 Å². The van der Waals surface area contributed by atoms with Crippen LogP contribution in [0, 0.1) is 5.82 Å². The Hall–Kier alpha value is -2.46. The number of benzene rings is 1. The van der Waals surface area contributed by atoms with Crippen LogP contribution in [0.5, 0.6) is 0 Å². The second-order valence-electron chi connectivity index (χ2n) is 6.69. The van der Waals surface area contributed by atoms with Crippen molar-refractivity contribution in [2.24, 2.45) is 0 Å². The Kier molecular flexibility index (Phi) is 5.58. The fourth-order valence-corrected chi connectivity index (χ4v) is 3.64. The molecule has 4 rings (SSSR count). The van der Waals surface area contributed by atoms with Crippen LogP contribution in [0.2, 0.25) is 0 Å². The Bertz CT molecular complexity index is 938. The zero-order valence-electron chi connectivity index (χ0n) is 15.7. The van der Waals surface area contributed by atoms with Gasteiger partial charge in [0, 0.05) is 19.0 Å². The Balaban J connectivity index is 1.63. The molecule has 1 aromatic carbocycles. The van der Waals surface area contributed by atoms with E-state index in [1.807, 2.05) is 24.5 Å². The number of thioether (sulfide) groups is 1. The van der Waals surface area contributed by atoms with E-state index in [0.717, 1.165) is 0 Å². The molecule has 0 radical (unpaired) electrons. The van der Waals surface area contributed by atoms with Crippen molar-refractivity contribution in [3.63, 3.8) is 0 Å². The van der Waals surface area contributed by atoms with Crippen LogP contribution >= 0.6 is 11.8 Å². The van der Waals surface area contributed by atoms with E-state index in [-0.39, 0.29) is 11.7 Å². The number of anilines is 1. The Labute approximate surface area is 166 Å². The third-order valence-electron chi connectivity index (χ3n) is 4.30. The van der Waals surface area contributed by atoms with Crippen molar-refractivity contribution in [1.29, 1.82) is 0 Å². The first-order valence-electron chi connectivity index (χ1n) is 9.11. The van der Waals surface area contributed by atoms with Gasteiger partial charge in [0.25, 0.3) is 0 Å². The van der Waals surface area contributed by atoms with Gasteiger partial charge in [0.1, 0.15) is 5.82 Å². The summed E-state index contributed by atoms with van der Waals surface area (Å²) in [4.78, 5) is 6.49. The van der Waals surface area contributed by atoms with Gasteiger partial charge in [-0.3, -0.25) is 4.57 Å². The standard InChI is InChI=1S/C18H21FN6O2S/c1-12(2)16-20-15(27-23-16)11-28-18-22-21-17(24-6-8-26-9-7-24)25(18)14-5-3-4-13(19)10-14/h3-5,10,12H,6-9,11H2,1-2H3. The summed E-state index contributed by atoms with van der Waals surface area (Å²) in [5, 5.41) is 13.3. The molecule has 8 nitrogen and oxygen atoms in total. The number of aromatic nitrogens is 5. The topological polar surface area (TPSA) is 82.1 Å². The van der Waals surface area contributed by atoms with Crippen molar-refractivity contribution >= 4 is 17.7 Å². The molecule has 3 aromatic rings. The lowest BCUT2D eigenvalue weighted by atomic mass is 10.2. The van der Waals surface area contributed by atoms with Crippen molar-refractivity contribution in [3.8, 4) is 5.69 Å². The van der Waals surface area contributed by atoms with Crippen LogP contribution in [-0.4, -0.2) is 51.2 Å². The molecule has 0 atom stereocenters. The van der Waals surface area contributed by atoms with Crippen molar-refractivity contribution < 1.29 is 13.7 Å². The van der Waals surface area contributed by atoms with Crippen molar-refractivity contribution in [2.75, 3.05) is 31.2 Å². The summed E-state index contributed by atoms with van der Waals surface area (Å²) >= 11 is 1.42. The van der Waals surface area contributed by atoms with E-state index >= 15 is 0 Å². The van der Waals surface area contributed by atoms with Gasteiger partial charge in [-0.05, 0) is 18.2 Å². The van der Waals surface area contributed by atoms with Gasteiger partial charge < -0.3 is 14.2 Å². The molecule has 28 heavy (non-hydrogen) atoms. The highest BCUT2D eigenvalue weighted by Crippen LogP contribution is 2.29. The lowest BCUT2D eigenvalue weighted by Crippen LogP contribution is -2.37. The number of hydrogen-bond acceptors (Lipinski definition) is 8. The quantitative estimate of drug-likeness (QED) is 0.580. The number of halogens is 1. The molecule has 0 aliphatic carbocycles. The van der Waals surface area contributed by atoms with E-state index in [1.54, 1.807) is 6.07 Å². The van der Waals surface area contributed by atoms with Crippen LogP contribution in [-0.2, 0) is 10.5 Å². The summed E-state index contributed by atoms with van der Waals surface area (Å²) in [6.45, 7) is 6.68. The molecule has 0 N–H and O–H groups in total. The monoisotopic (exact) mass is 404 g/mol. The molecule has 2 aromatic heterocycles. The number of nitrogens with zero attached hydrogens (tertiary/aromatic N) is 6. The van der Waals surface area contributed by atoms with E-state index in [9.17, 15) is 4.39 Å². The fraction of sp³-hybridized carbons (Fsp3) is 0.444. The summed E-state index contributed by atoms with van der Waals surface area (Å²) in [6, 6.07) is 6.40. The van der Waals surface area contributed by atoms with Crippen molar-refractivity contribution in [3.05, 3.63) is 41.8 Å². The normalized spacial score (nSPS) is 14.8. The fourth-order valence-electron chi connectivity index (χ4n) is 2.85. The average molecular weight is 404 g/mol. The first-order chi connectivity index (χ1) is 13.6. The third kappa shape index (κ3) is 4.02. The molecule has 0 unspecified atom stereocenters. The van der Waals surface area contributed by atoms with Crippen LogP contribution in [0.15, 0.2) is 33.9 Å². The molecule has 0 amide bonds. The van der Waals surface area contributed by atoms with E-state index in [4.69, 9.17) is 9.26 Å². The largest absolute Gasteiger partial charge is 0.378 e. The van der Waals surface area contributed by atoms with Gasteiger partial charge in [0.2, 0.25) is 11.8 Å². The molecular weight excluding hydrogens is 383 g/mol. The van der Waals surface area contributed by atoms with Gasteiger partial charge in [-0.25, -0.2) is 4.39 Å². The highest BCUT2D eigenvalue weighted by Gasteiger charge is 2.22. The summed E-state index contributed by atoms with van der Waals surface area (Å²) in [7, 11) is 0. The molecule has 0 bridgehead atoms. The average Bonchev–Trinajstić information content (AvgIpc) is 3.34. The van der Waals surface area contributed by atoms with Crippen LogP contribution in [0.3, 0.4) is 0 Å². The van der Waals surface area contributed by atoms with E-state index in [0.29, 0.717) is 60.6 Å². The van der Waals surface area contributed by atoms with Crippen LogP contribution in [0.4, 0.5) is 10.3 Å². The molecule has 10 heteroatoms. The lowest BCUT2D eigenvalue weighted by molar-refractivity contribution is 0.122. The maximum atomic E-state index is 13.9. The molecule has 0 saturated carbocycles. The number of morpholine rings is 1. The van der Waals surface area contributed by atoms with E-state index < -0.39 is 0 Å². The minimum atomic E-state index is -0.312. The first kappa shape index (κ1) is 18.9. The van der Waals surface area contributed by atoms with Crippen molar-refractivity contribution in [1.82, 2.24) is 24.9 Å². The second kappa shape index (κ2) is 8.27. The molecule has 1 fully saturated rings. The zero-order chi connectivity index (χ0) is 19.5. The first-order valence-corrected chi connectivity index (χ1v) is 10.1. The SMILES string of the molecule is CC(C)c1noc(CSc2nnc(N3CCOCC3)n2-c2cccc(F)c2)n1. The van der Waals surface area contributed by atoms with Gasteiger partial charge >= 0.3 is 0 Å². The van der Waals surface area contributed by atoms with Crippen LogP contribution in [0.1, 0.15) is 31.5 Å². The molecule has 3 heterocycles. The molecule has 1 aliphatic rings. The molecule has 1 saturated heterocycles. The Morgan fingerprint density at radius 1 is 1.21 bits per heavy atom. The van der Waals surface area contributed by atoms with Crippen molar-refractivity contribution in [2.45, 2.75) is 30.7 Å². The lowest BCUT2D eigenvalue weighted by Gasteiger charge is -2.27. The minimum Gasteiger partial charge on any atom is -0.378 e. The molecular formula is C18H21FN6O2S. The van der Waals surface area contributed by atoms with E-state index in [2.05, 4.69) is 25.2 Å². The highest BCUT2D eigenvalue weighted by atomic mass is 32.2. The van der Waals surface area contributed by atoms with Gasteiger partial charge in [-0.2, -0.15) is 4.98 Å². The maximum absolute atomic E-state index is 13.9. The minimum absolute atomic E-state index is 0.200. The Morgan fingerprint density at radius 2 is 2.04 bits per heavy atom. The molecule has 0 spiro atoms. The summed E-state index contributed by atoms with van der Waals surface area (Å²) < 4.78 is 26.5. The van der Waals surface area contributed by atoms with Gasteiger partial charge in [0.05, 0.1) is 24.7 Å². The maximum Gasteiger partial charge on any atom is 0.237 e. The predicted octanol–water partition coefficient (Wildman–Crippen LogP) is 3.04. The number of ether oxygens (including phenoxy) is 1. The second-order valence-corrected chi connectivity index (χ2v) is 7.63. The predicted molar refractivity (Wildman–Crippen MR) is 102 cm³/mol. The summed E-state index contributed by atoms with van der Waals surface area (Å²) in [5.74, 6) is 2.22.